The van der Waals surface area contributed by atoms with Crippen LogP contribution in [0.4, 0.5) is 17.1 Å². The van der Waals surface area contributed by atoms with Gasteiger partial charge in [-0.3, -0.25) is 0 Å². The molecule has 0 bridgehead atoms. The Morgan fingerprint density at radius 3 is 1.70 bits per heavy atom. The van der Waals surface area contributed by atoms with Crippen molar-refractivity contribution in [3.05, 3.63) is 254 Å². The van der Waals surface area contributed by atoms with Gasteiger partial charge in [0.25, 0.3) is 0 Å². The lowest BCUT2D eigenvalue weighted by atomic mass is 9.82. The molecule has 0 fully saturated rings. The average molecular weight is 895 g/mol. The average Bonchev–Trinajstić information content (AvgIpc) is 4.05. The Balaban J connectivity index is 0.821. The van der Waals surface area contributed by atoms with E-state index in [2.05, 4.69) is 266 Å². The van der Waals surface area contributed by atoms with Gasteiger partial charge >= 0.3 is 0 Å². The summed E-state index contributed by atoms with van der Waals surface area (Å²) in [5.41, 5.74) is 20.8. The monoisotopic (exact) mass is 894 g/mol. The van der Waals surface area contributed by atoms with Gasteiger partial charge < -0.3 is 13.9 Å². The Bertz CT molecular complexity index is 4180. The fourth-order valence-electron chi connectivity index (χ4n) is 11.6. The summed E-state index contributed by atoms with van der Waals surface area (Å²) in [5.74, 6) is 0. The molecule has 0 N–H and O–H groups in total. The van der Waals surface area contributed by atoms with Crippen LogP contribution in [0.2, 0.25) is 0 Å². The number of furan rings is 1. The first kappa shape index (κ1) is 40.2. The van der Waals surface area contributed by atoms with Crippen molar-refractivity contribution in [3.63, 3.8) is 0 Å². The van der Waals surface area contributed by atoms with Gasteiger partial charge in [0.2, 0.25) is 0 Å². The van der Waals surface area contributed by atoms with Crippen molar-refractivity contribution in [2.45, 2.75) is 19.3 Å². The molecule has 2 heterocycles. The fourth-order valence-corrected chi connectivity index (χ4v) is 11.6. The quantitative estimate of drug-likeness (QED) is 0.159. The van der Waals surface area contributed by atoms with Gasteiger partial charge in [-0.2, -0.15) is 0 Å². The highest BCUT2D eigenvalue weighted by Crippen LogP contribution is 2.55. The molecule has 0 atom stereocenters. The van der Waals surface area contributed by atoms with Gasteiger partial charge in [0.1, 0.15) is 5.58 Å². The van der Waals surface area contributed by atoms with E-state index in [4.69, 9.17) is 4.42 Å². The van der Waals surface area contributed by atoms with Crippen LogP contribution in [0.15, 0.2) is 247 Å². The van der Waals surface area contributed by atoms with Crippen molar-refractivity contribution in [1.29, 1.82) is 0 Å². The summed E-state index contributed by atoms with van der Waals surface area (Å²) in [6.07, 6.45) is 0. The smallest absolute Gasteiger partial charge is 0.160 e. The maximum atomic E-state index is 6.92. The lowest BCUT2D eigenvalue weighted by molar-refractivity contribution is 0.660. The van der Waals surface area contributed by atoms with Crippen molar-refractivity contribution in [1.82, 2.24) is 4.57 Å². The van der Waals surface area contributed by atoms with E-state index in [0.29, 0.717) is 0 Å². The van der Waals surface area contributed by atoms with E-state index in [1.165, 1.54) is 88.3 Å². The maximum Gasteiger partial charge on any atom is 0.160 e. The van der Waals surface area contributed by atoms with E-state index in [1.54, 1.807) is 0 Å². The van der Waals surface area contributed by atoms with Crippen molar-refractivity contribution in [3.8, 4) is 50.2 Å². The Morgan fingerprint density at radius 2 is 0.957 bits per heavy atom. The van der Waals surface area contributed by atoms with Crippen molar-refractivity contribution in [2.75, 3.05) is 4.90 Å². The summed E-state index contributed by atoms with van der Waals surface area (Å²) in [7, 11) is 0. The van der Waals surface area contributed by atoms with Gasteiger partial charge in [0.05, 0.1) is 22.4 Å². The molecule has 0 saturated carbocycles. The van der Waals surface area contributed by atoms with Gasteiger partial charge in [-0.05, 0) is 122 Å². The number of nitrogens with zero attached hydrogens (tertiary/aromatic N) is 2. The molecule has 0 radical (unpaired) electrons. The van der Waals surface area contributed by atoms with Gasteiger partial charge in [-0.15, -0.1) is 0 Å². The molecule has 11 aromatic carbocycles. The normalized spacial score (nSPS) is 12.8. The van der Waals surface area contributed by atoms with E-state index < -0.39 is 0 Å². The summed E-state index contributed by atoms with van der Waals surface area (Å²) in [6, 6.07) is 88.4. The Kier molecular flexibility index (Phi) is 8.93. The molecular formula is C67H46N2O. The van der Waals surface area contributed by atoms with Gasteiger partial charge in [0, 0.05) is 43.9 Å². The predicted octanol–water partition coefficient (Wildman–Crippen LogP) is 18.6. The highest BCUT2D eigenvalue weighted by Gasteiger charge is 2.38. The number of para-hydroxylation sites is 3. The molecule has 2 aromatic heterocycles. The summed E-state index contributed by atoms with van der Waals surface area (Å²) < 4.78 is 9.28. The molecule has 3 nitrogen and oxygen atoms in total. The van der Waals surface area contributed by atoms with Crippen molar-refractivity contribution in [2.24, 2.45) is 0 Å². The minimum Gasteiger partial charge on any atom is -0.454 e. The SMILES string of the molecule is CC1(C)c2ccccc2-c2c(N(c3ccc(-c4ccc(-c5ccc(-c6ccc7c(c6)c6ccccc6n7-c6ccccc6)cc5)cc4)cc3)c3cc4ccccc4c4c3oc3ccccc34)cccc21. The van der Waals surface area contributed by atoms with Gasteiger partial charge in [-0.1, -0.05) is 196 Å². The molecule has 13 aromatic rings. The maximum absolute atomic E-state index is 6.92. The lowest BCUT2D eigenvalue weighted by Gasteiger charge is -2.29. The van der Waals surface area contributed by atoms with E-state index in [9.17, 15) is 0 Å². The molecule has 330 valence electrons. The predicted molar refractivity (Wildman–Crippen MR) is 294 cm³/mol. The van der Waals surface area contributed by atoms with Crippen molar-refractivity contribution >= 4 is 71.6 Å². The van der Waals surface area contributed by atoms with Crippen LogP contribution in [0, 0.1) is 0 Å². The zero-order chi connectivity index (χ0) is 46.5. The minimum atomic E-state index is -0.148. The van der Waals surface area contributed by atoms with Crippen LogP contribution in [0.3, 0.4) is 0 Å². The first-order valence-electron chi connectivity index (χ1n) is 24.2. The van der Waals surface area contributed by atoms with Crippen LogP contribution in [0.5, 0.6) is 0 Å². The van der Waals surface area contributed by atoms with Crippen LogP contribution >= 0.6 is 0 Å². The van der Waals surface area contributed by atoms with E-state index in [-0.39, 0.29) is 5.41 Å². The van der Waals surface area contributed by atoms with E-state index in [1.807, 2.05) is 0 Å². The summed E-state index contributed by atoms with van der Waals surface area (Å²) in [6.45, 7) is 4.70. The number of rotatable bonds is 7. The van der Waals surface area contributed by atoms with Crippen molar-refractivity contribution < 1.29 is 4.42 Å². The van der Waals surface area contributed by atoms with Crippen LogP contribution in [-0.4, -0.2) is 4.57 Å². The molecule has 0 saturated heterocycles. The van der Waals surface area contributed by atoms with Crippen LogP contribution < -0.4 is 4.90 Å². The molecule has 0 spiro atoms. The number of fused-ring (bicyclic) bond motifs is 11. The second kappa shape index (κ2) is 15.6. The number of aromatic nitrogens is 1. The number of anilines is 3. The molecule has 3 heteroatoms. The third-order valence-corrected chi connectivity index (χ3v) is 15.0. The van der Waals surface area contributed by atoms with Crippen LogP contribution in [0.25, 0.3) is 105 Å². The zero-order valence-electron chi connectivity index (χ0n) is 38.9. The second-order valence-electron chi connectivity index (χ2n) is 19.2. The molecule has 14 rings (SSSR count). The fraction of sp³-hybridized carbons (Fsp3) is 0.0448. The lowest BCUT2D eigenvalue weighted by Crippen LogP contribution is -2.16. The minimum absolute atomic E-state index is 0.148. The summed E-state index contributed by atoms with van der Waals surface area (Å²) in [4.78, 5) is 2.44. The number of hydrogen-bond acceptors (Lipinski definition) is 2. The highest BCUT2D eigenvalue weighted by molar-refractivity contribution is 6.23. The Hall–Kier alpha value is -8.92. The summed E-state index contributed by atoms with van der Waals surface area (Å²) in [5, 5.41) is 7.14. The zero-order valence-corrected chi connectivity index (χ0v) is 38.9. The molecule has 0 aliphatic heterocycles. The third-order valence-electron chi connectivity index (χ3n) is 15.0. The summed E-state index contributed by atoms with van der Waals surface area (Å²) >= 11 is 0. The topological polar surface area (TPSA) is 21.3 Å². The van der Waals surface area contributed by atoms with Crippen LogP contribution in [-0.2, 0) is 5.41 Å². The second-order valence-corrected chi connectivity index (χ2v) is 19.2. The molecule has 1 aliphatic rings. The first-order chi connectivity index (χ1) is 34.5. The Labute approximate surface area is 406 Å². The molecule has 1 aliphatic carbocycles. The largest absolute Gasteiger partial charge is 0.454 e. The number of hydrogen-bond donors (Lipinski definition) is 0. The molecule has 0 amide bonds. The number of benzene rings is 11. The standard InChI is InChI=1S/C67H46N2O/c1-67(2)57-22-11-8-20-54(57)65-58(67)23-14-25-61(65)69(62-42-49-15-6-7-18-52(49)64-55-21-10-13-26-63(55)70-66(62)64)51-38-35-46(36-39-51)45-29-27-43(28-30-45)44-31-33-47(34-32-44)48-37-40-60-56(41-48)53-19-9-12-24-59(53)68(60)50-16-4-3-5-17-50/h3-42H,1-2H3. The molecule has 0 unspecified atom stereocenters. The van der Waals surface area contributed by atoms with Crippen LogP contribution in [0.1, 0.15) is 25.0 Å². The van der Waals surface area contributed by atoms with Gasteiger partial charge in [0.15, 0.2) is 5.58 Å². The van der Waals surface area contributed by atoms with Gasteiger partial charge in [-0.25, -0.2) is 0 Å². The third kappa shape index (κ3) is 6.15. The van der Waals surface area contributed by atoms with E-state index in [0.717, 1.165) is 44.6 Å². The highest BCUT2D eigenvalue weighted by atomic mass is 16.3. The Morgan fingerprint density at radius 1 is 0.400 bits per heavy atom. The molecular weight excluding hydrogens is 849 g/mol. The molecule has 70 heavy (non-hydrogen) atoms. The van der Waals surface area contributed by atoms with E-state index >= 15 is 0 Å². The first-order valence-corrected chi connectivity index (χ1v) is 24.2.